The summed E-state index contributed by atoms with van der Waals surface area (Å²) in [5, 5.41) is 2.94. The van der Waals surface area contributed by atoms with Crippen LogP contribution in [0.4, 0.5) is 16.2 Å². The van der Waals surface area contributed by atoms with E-state index in [1.165, 1.54) is 0 Å². The quantitative estimate of drug-likeness (QED) is 0.675. The van der Waals surface area contributed by atoms with Gasteiger partial charge in [-0.2, -0.15) is 0 Å². The summed E-state index contributed by atoms with van der Waals surface area (Å²) in [5.74, 6) is 1.20. The van der Waals surface area contributed by atoms with E-state index in [-0.39, 0.29) is 6.03 Å². The van der Waals surface area contributed by atoms with Crippen molar-refractivity contribution in [1.29, 1.82) is 0 Å². The van der Waals surface area contributed by atoms with Gasteiger partial charge in [0.2, 0.25) is 0 Å². The summed E-state index contributed by atoms with van der Waals surface area (Å²) in [6.07, 6.45) is 0. The summed E-state index contributed by atoms with van der Waals surface area (Å²) in [6, 6.07) is 24.5. The lowest BCUT2D eigenvalue weighted by Crippen LogP contribution is -2.34. The number of methoxy groups -OCH3 is 2. The van der Waals surface area contributed by atoms with Crippen molar-refractivity contribution >= 4 is 17.4 Å². The minimum Gasteiger partial charge on any atom is -0.497 e. The first-order valence-electron chi connectivity index (χ1n) is 8.61. The summed E-state index contributed by atoms with van der Waals surface area (Å²) < 4.78 is 10.6. The van der Waals surface area contributed by atoms with E-state index in [1.807, 2.05) is 60.7 Å². The lowest BCUT2D eigenvalue weighted by atomic mass is 10.2. The average molecular weight is 362 g/mol. The monoisotopic (exact) mass is 362 g/mol. The largest absolute Gasteiger partial charge is 0.497 e. The molecule has 138 valence electrons. The van der Waals surface area contributed by atoms with Gasteiger partial charge in [0, 0.05) is 11.8 Å². The van der Waals surface area contributed by atoms with Gasteiger partial charge in [-0.3, -0.25) is 4.90 Å². The number of hydrogen-bond acceptors (Lipinski definition) is 3. The van der Waals surface area contributed by atoms with Crippen LogP contribution in [0.25, 0.3) is 0 Å². The van der Waals surface area contributed by atoms with Crippen LogP contribution in [0.5, 0.6) is 11.5 Å². The molecule has 1 N–H and O–H groups in total. The highest BCUT2D eigenvalue weighted by Crippen LogP contribution is 2.30. The Kier molecular flexibility index (Phi) is 5.94. The van der Waals surface area contributed by atoms with Gasteiger partial charge in [0.05, 0.1) is 26.5 Å². The molecular weight excluding hydrogens is 340 g/mol. The maximum absolute atomic E-state index is 13.1. The van der Waals surface area contributed by atoms with Crippen LogP contribution < -0.4 is 19.7 Å². The Bertz CT molecular complexity index is 883. The molecule has 0 fully saturated rings. The number of para-hydroxylation sites is 1. The lowest BCUT2D eigenvalue weighted by Gasteiger charge is -2.24. The van der Waals surface area contributed by atoms with E-state index in [4.69, 9.17) is 9.47 Å². The minimum absolute atomic E-state index is 0.242. The zero-order valence-electron chi connectivity index (χ0n) is 15.4. The third kappa shape index (κ3) is 4.58. The van der Waals surface area contributed by atoms with Crippen molar-refractivity contribution in [2.45, 2.75) is 6.54 Å². The first-order valence-corrected chi connectivity index (χ1v) is 8.61. The van der Waals surface area contributed by atoms with Crippen molar-refractivity contribution in [1.82, 2.24) is 0 Å². The molecule has 27 heavy (non-hydrogen) atoms. The summed E-state index contributed by atoms with van der Waals surface area (Å²) in [4.78, 5) is 14.8. The van der Waals surface area contributed by atoms with Gasteiger partial charge in [-0.05, 0) is 29.8 Å². The Morgan fingerprint density at radius 3 is 2.19 bits per heavy atom. The third-order valence-electron chi connectivity index (χ3n) is 4.15. The predicted octanol–water partition coefficient (Wildman–Crippen LogP) is 4.94. The molecule has 0 heterocycles. The summed E-state index contributed by atoms with van der Waals surface area (Å²) in [7, 11) is 3.15. The molecule has 2 amide bonds. The van der Waals surface area contributed by atoms with Crippen LogP contribution in [0.2, 0.25) is 0 Å². The Labute approximate surface area is 159 Å². The highest BCUT2D eigenvalue weighted by atomic mass is 16.5. The zero-order valence-corrected chi connectivity index (χ0v) is 15.4. The molecule has 0 atom stereocenters. The van der Waals surface area contributed by atoms with Gasteiger partial charge in [0.25, 0.3) is 0 Å². The first-order chi connectivity index (χ1) is 13.2. The van der Waals surface area contributed by atoms with E-state index in [9.17, 15) is 4.79 Å². The number of benzene rings is 3. The normalized spacial score (nSPS) is 10.1. The molecule has 0 saturated carbocycles. The van der Waals surface area contributed by atoms with Crippen molar-refractivity contribution in [2.24, 2.45) is 0 Å². The molecule has 0 bridgehead atoms. The molecule has 0 aliphatic rings. The Morgan fingerprint density at radius 2 is 1.56 bits per heavy atom. The standard InChI is InChI=1S/C22H22N2O3/c1-26-19-13-14-20(21(15-19)27-2)23-22(25)24(18-11-7-4-8-12-18)16-17-9-5-3-6-10-17/h3-15H,16H2,1-2H3,(H,23,25). The maximum Gasteiger partial charge on any atom is 0.326 e. The van der Waals surface area contributed by atoms with E-state index >= 15 is 0 Å². The highest BCUT2D eigenvalue weighted by Gasteiger charge is 2.18. The van der Waals surface area contributed by atoms with Crippen LogP contribution in [-0.4, -0.2) is 20.3 Å². The summed E-state index contributed by atoms with van der Waals surface area (Å²) in [6.45, 7) is 0.454. The van der Waals surface area contributed by atoms with Crippen molar-refractivity contribution < 1.29 is 14.3 Å². The molecule has 5 nitrogen and oxygen atoms in total. The van der Waals surface area contributed by atoms with E-state index < -0.39 is 0 Å². The van der Waals surface area contributed by atoms with Crippen LogP contribution in [0, 0.1) is 0 Å². The number of nitrogens with one attached hydrogen (secondary N) is 1. The number of carbonyl (C=O) groups excluding carboxylic acids is 1. The van der Waals surface area contributed by atoms with Gasteiger partial charge in [0.15, 0.2) is 0 Å². The first kappa shape index (κ1) is 18.3. The number of hydrogen-bond donors (Lipinski definition) is 1. The zero-order chi connectivity index (χ0) is 19.1. The van der Waals surface area contributed by atoms with Crippen LogP contribution in [0.1, 0.15) is 5.56 Å². The van der Waals surface area contributed by atoms with Crippen molar-refractivity contribution in [3.8, 4) is 11.5 Å². The molecule has 5 heteroatoms. The number of rotatable bonds is 6. The molecule has 0 spiro atoms. The van der Waals surface area contributed by atoms with Crippen LogP contribution in [0.3, 0.4) is 0 Å². The van der Waals surface area contributed by atoms with Gasteiger partial charge >= 0.3 is 6.03 Å². The van der Waals surface area contributed by atoms with Crippen LogP contribution >= 0.6 is 0 Å². The molecule has 0 aliphatic heterocycles. The number of carbonyl (C=O) groups is 1. The van der Waals surface area contributed by atoms with Gasteiger partial charge < -0.3 is 14.8 Å². The van der Waals surface area contributed by atoms with Gasteiger partial charge in [-0.25, -0.2) is 4.79 Å². The molecule has 0 aliphatic carbocycles. The lowest BCUT2D eigenvalue weighted by molar-refractivity contribution is 0.256. The van der Waals surface area contributed by atoms with E-state index in [1.54, 1.807) is 37.3 Å². The predicted molar refractivity (Wildman–Crippen MR) is 108 cm³/mol. The van der Waals surface area contributed by atoms with E-state index in [0.29, 0.717) is 23.7 Å². The van der Waals surface area contributed by atoms with E-state index in [0.717, 1.165) is 11.3 Å². The number of ether oxygens (including phenoxy) is 2. The molecule has 0 radical (unpaired) electrons. The second-order valence-electron chi connectivity index (χ2n) is 5.90. The second-order valence-corrected chi connectivity index (χ2v) is 5.90. The van der Waals surface area contributed by atoms with Crippen molar-refractivity contribution in [2.75, 3.05) is 24.4 Å². The maximum atomic E-state index is 13.1. The molecule has 3 aromatic rings. The number of amides is 2. The Balaban J connectivity index is 1.87. The Morgan fingerprint density at radius 1 is 0.889 bits per heavy atom. The molecule has 3 rings (SSSR count). The number of urea groups is 1. The van der Waals surface area contributed by atoms with Crippen LogP contribution in [-0.2, 0) is 6.54 Å². The number of anilines is 2. The minimum atomic E-state index is -0.242. The molecule has 0 saturated heterocycles. The van der Waals surface area contributed by atoms with Crippen molar-refractivity contribution in [3.05, 3.63) is 84.4 Å². The third-order valence-corrected chi connectivity index (χ3v) is 4.15. The van der Waals surface area contributed by atoms with Crippen LogP contribution in [0.15, 0.2) is 78.9 Å². The number of nitrogens with zero attached hydrogens (tertiary/aromatic N) is 1. The summed E-state index contributed by atoms with van der Waals surface area (Å²) in [5.41, 5.74) is 2.43. The highest BCUT2D eigenvalue weighted by molar-refractivity contribution is 6.02. The fourth-order valence-electron chi connectivity index (χ4n) is 2.74. The second kappa shape index (κ2) is 8.76. The average Bonchev–Trinajstić information content (AvgIpc) is 2.73. The summed E-state index contributed by atoms with van der Waals surface area (Å²) >= 11 is 0. The van der Waals surface area contributed by atoms with Gasteiger partial charge in [-0.15, -0.1) is 0 Å². The fourth-order valence-corrected chi connectivity index (χ4v) is 2.74. The van der Waals surface area contributed by atoms with Gasteiger partial charge in [-0.1, -0.05) is 48.5 Å². The SMILES string of the molecule is COc1ccc(NC(=O)N(Cc2ccccc2)c2ccccc2)c(OC)c1. The Hall–Kier alpha value is -3.47. The molecular formula is C22H22N2O3. The van der Waals surface area contributed by atoms with Crippen molar-refractivity contribution in [3.63, 3.8) is 0 Å². The fraction of sp³-hybridized carbons (Fsp3) is 0.136. The molecule has 0 unspecified atom stereocenters. The van der Waals surface area contributed by atoms with Gasteiger partial charge in [0.1, 0.15) is 11.5 Å². The smallest absolute Gasteiger partial charge is 0.326 e. The molecule has 3 aromatic carbocycles. The topological polar surface area (TPSA) is 50.8 Å². The molecule has 0 aromatic heterocycles. The van der Waals surface area contributed by atoms with E-state index in [2.05, 4.69) is 5.32 Å².